The number of amides is 1. The van der Waals surface area contributed by atoms with Gasteiger partial charge in [-0.15, -0.1) is 0 Å². The average molecular weight is 379 g/mol. The Hall–Kier alpha value is -2.69. The zero-order chi connectivity index (χ0) is 19.7. The number of carbonyl (C=O) groups is 1. The van der Waals surface area contributed by atoms with Crippen LogP contribution < -0.4 is 0 Å². The van der Waals surface area contributed by atoms with Crippen molar-refractivity contribution < 1.29 is 9.18 Å². The first-order chi connectivity index (χ1) is 13.6. The van der Waals surface area contributed by atoms with Crippen molar-refractivity contribution in [2.24, 2.45) is 0 Å². The highest BCUT2D eigenvalue weighted by Crippen LogP contribution is 2.50. The van der Waals surface area contributed by atoms with Crippen molar-refractivity contribution in [1.82, 2.24) is 14.5 Å². The fourth-order valence-electron chi connectivity index (χ4n) is 4.74. The molecule has 28 heavy (non-hydrogen) atoms. The number of benzene rings is 1. The largest absolute Gasteiger partial charge is 0.342 e. The molecule has 0 radical (unpaired) electrons. The topological polar surface area (TPSA) is 38.1 Å². The molecular formula is C23H26FN3O. The SMILES string of the molecule is C=CC(=CC)C1(CCC(=O)N2CCC(F)CC2)c2ccccc2-c2nccn21. The molecule has 0 saturated carbocycles. The molecule has 2 aromatic rings. The second-order valence-corrected chi connectivity index (χ2v) is 7.53. The first-order valence-electron chi connectivity index (χ1n) is 9.96. The molecule has 1 fully saturated rings. The van der Waals surface area contributed by atoms with Gasteiger partial charge >= 0.3 is 0 Å². The molecule has 0 bridgehead atoms. The number of hydrogen-bond donors (Lipinski definition) is 0. The average Bonchev–Trinajstić information content (AvgIpc) is 3.30. The Morgan fingerprint density at radius 1 is 1.36 bits per heavy atom. The third-order valence-electron chi connectivity index (χ3n) is 6.15. The Balaban J connectivity index is 1.70. The quantitative estimate of drug-likeness (QED) is 0.719. The summed E-state index contributed by atoms with van der Waals surface area (Å²) in [6.07, 6.45) is 8.87. The number of fused-ring (bicyclic) bond motifs is 3. The summed E-state index contributed by atoms with van der Waals surface area (Å²) in [5.41, 5.74) is 2.82. The highest BCUT2D eigenvalue weighted by atomic mass is 19.1. The fraction of sp³-hybridized carbons (Fsp3) is 0.391. The van der Waals surface area contributed by atoms with Crippen LogP contribution >= 0.6 is 0 Å². The number of carbonyl (C=O) groups excluding carboxylic acids is 1. The highest BCUT2D eigenvalue weighted by molar-refractivity contribution is 5.77. The van der Waals surface area contributed by atoms with E-state index in [0.717, 1.165) is 22.5 Å². The second-order valence-electron chi connectivity index (χ2n) is 7.53. The van der Waals surface area contributed by atoms with Crippen LogP contribution in [-0.2, 0) is 10.3 Å². The summed E-state index contributed by atoms with van der Waals surface area (Å²) in [7, 11) is 0. The highest BCUT2D eigenvalue weighted by Gasteiger charge is 2.45. The van der Waals surface area contributed by atoms with Gasteiger partial charge in [0.15, 0.2) is 0 Å². The van der Waals surface area contributed by atoms with E-state index < -0.39 is 11.7 Å². The van der Waals surface area contributed by atoms with E-state index >= 15 is 0 Å². The lowest BCUT2D eigenvalue weighted by molar-refractivity contribution is -0.133. The van der Waals surface area contributed by atoms with E-state index in [4.69, 9.17) is 0 Å². The number of likely N-dealkylation sites (tertiary alicyclic amines) is 1. The fourth-order valence-corrected chi connectivity index (χ4v) is 4.74. The Labute approximate surface area is 165 Å². The normalized spacial score (nSPS) is 22.1. The van der Waals surface area contributed by atoms with Crippen LogP contribution in [0.5, 0.6) is 0 Å². The predicted molar refractivity (Wildman–Crippen MR) is 109 cm³/mol. The molecule has 0 aliphatic carbocycles. The Morgan fingerprint density at radius 2 is 2.11 bits per heavy atom. The van der Waals surface area contributed by atoms with E-state index in [-0.39, 0.29) is 5.91 Å². The third-order valence-corrected chi connectivity index (χ3v) is 6.15. The van der Waals surface area contributed by atoms with E-state index in [0.29, 0.717) is 38.8 Å². The first kappa shape index (κ1) is 18.7. The molecule has 1 amide bonds. The summed E-state index contributed by atoms with van der Waals surface area (Å²) < 4.78 is 15.6. The number of piperidine rings is 1. The summed E-state index contributed by atoms with van der Waals surface area (Å²) >= 11 is 0. The number of halogens is 1. The molecule has 0 spiro atoms. The molecule has 4 rings (SSSR count). The summed E-state index contributed by atoms with van der Waals surface area (Å²) in [6, 6.07) is 8.25. The number of aromatic nitrogens is 2. The van der Waals surface area contributed by atoms with Crippen LogP contribution in [0.4, 0.5) is 4.39 Å². The van der Waals surface area contributed by atoms with Crippen molar-refractivity contribution in [3.05, 3.63) is 66.5 Å². The van der Waals surface area contributed by atoms with Gasteiger partial charge in [-0.05, 0) is 37.3 Å². The molecule has 3 heterocycles. The molecule has 1 aromatic carbocycles. The van der Waals surface area contributed by atoms with Crippen molar-refractivity contribution in [3.63, 3.8) is 0 Å². The minimum Gasteiger partial charge on any atom is -0.342 e. The van der Waals surface area contributed by atoms with Crippen molar-refractivity contribution >= 4 is 5.91 Å². The van der Waals surface area contributed by atoms with Crippen LogP contribution in [-0.4, -0.2) is 39.6 Å². The molecule has 1 unspecified atom stereocenters. The van der Waals surface area contributed by atoms with Gasteiger partial charge in [0, 0.05) is 37.5 Å². The van der Waals surface area contributed by atoms with Crippen molar-refractivity contribution in [3.8, 4) is 11.4 Å². The molecular weight excluding hydrogens is 353 g/mol. The zero-order valence-electron chi connectivity index (χ0n) is 16.3. The molecule has 2 aliphatic rings. The maximum atomic E-state index is 13.4. The van der Waals surface area contributed by atoms with Crippen molar-refractivity contribution in [2.75, 3.05) is 13.1 Å². The van der Waals surface area contributed by atoms with Crippen LogP contribution in [0.15, 0.2) is 61.0 Å². The Bertz CT molecular complexity index is 923. The molecule has 2 aliphatic heterocycles. The standard InChI is InChI=1S/C23H26FN3O/c1-3-17(4-2)23(12-9-21(28)26-14-10-18(24)11-15-26)20-8-6-5-7-19(20)22-25-13-16-27(22)23/h3-8,13,16,18H,1,9-12,14-15H2,2H3. The lowest BCUT2D eigenvalue weighted by Gasteiger charge is -2.35. The number of allylic oxidation sites excluding steroid dienone is 3. The first-order valence-corrected chi connectivity index (χ1v) is 9.96. The molecule has 1 saturated heterocycles. The number of nitrogens with zero attached hydrogens (tertiary/aromatic N) is 3. The predicted octanol–water partition coefficient (Wildman–Crippen LogP) is 4.48. The van der Waals surface area contributed by atoms with Crippen molar-refractivity contribution in [1.29, 1.82) is 0 Å². The maximum absolute atomic E-state index is 13.4. The Morgan fingerprint density at radius 3 is 2.82 bits per heavy atom. The summed E-state index contributed by atoms with van der Waals surface area (Å²) in [5, 5.41) is 0. The Kier molecular flexibility index (Phi) is 4.92. The van der Waals surface area contributed by atoms with E-state index in [2.05, 4.69) is 34.3 Å². The van der Waals surface area contributed by atoms with Crippen LogP contribution in [0.3, 0.4) is 0 Å². The number of alkyl halides is 1. The monoisotopic (exact) mass is 379 g/mol. The van der Waals surface area contributed by atoms with Gasteiger partial charge in [-0.3, -0.25) is 4.79 Å². The van der Waals surface area contributed by atoms with Crippen LogP contribution in [0.25, 0.3) is 11.4 Å². The number of imidazole rings is 1. The zero-order valence-corrected chi connectivity index (χ0v) is 16.3. The van der Waals surface area contributed by atoms with Crippen LogP contribution in [0, 0.1) is 0 Å². The van der Waals surface area contributed by atoms with Crippen LogP contribution in [0.1, 0.15) is 38.2 Å². The second kappa shape index (κ2) is 7.38. The molecule has 5 heteroatoms. The summed E-state index contributed by atoms with van der Waals surface area (Å²) in [4.78, 5) is 19.3. The van der Waals surface area contributed by atoms with Gasteiger partial charge in [0.1, 0.15) is 12.0 Å². The van der Waals surface area contributed by atoms with Gasteiger partial charge in [-0.1, -0.05) is 43.0 Å². The van der Waals surface area contributed by atoms with E-state index in [1.807, 2.05) is 42.4 Å². The van der Waals surface area contributed by atoms with E-state index in [9.17, 15) is 9.18 Å². The summed E-state index contributed by atoms with van der Waals surface area (Å²) in [6.45, 7) is 7.07. The lowest BCUT2D eigenvalue weighted by atomic mass is 9.78. The molecule has 4 nitrogen and oxygen atoms in total. The van der Waals surface area contributed by atoms with Gasteiger partial charge in [-0.2, -0.15) is 0 Å². The minimum absolute atomic E-state index is 0.0943. The van der Waals surface area contributed by atoms with E-state index in [1.165, 1.54) is 0 Å². The van der Waals surface area contributed by atoms with Gasteiger partial charge in [0.05, 0.1) is 5.54 Å². The molecule has 1 atom stereocenters. The van der Waals surface area contributed by atoms with Gasteiger partial charge in [0.2, 0.25) is 5.91 Å². The maximum Gasteiger partial charge on any atom is 0.222 e. The molecule has 0 N–H and O–H groups in total. The minimum atomic E-state index is -0.777. The third kappa shape index (κ3) is 2.81. The molecule has 1 aromatic heterocycles. The molecule has 146 valence electrons. The van der Waals surface area contributed by atoms with Gasteiger partial charge in [0.25, 0.3) is 0 Å². The number of rotatable bonds is 5. The smallest absolute Gasteiger partial charge is 0.222 e. The summed E-state index contributed by atoms with van der Waals surface area (Å²) in [5.74, 6) is 1.01. The van der Waals surface area contributed by atoms with Crippen molar-refractivity contribution in [2.45, 2.75) is 44.3 Å². The number of hydrogen-bond acceptors (Lipinski definition) is 2. The lowest BCUT2D eigenvalue weighted by Crippen LogP contribution is -2.41. The van der Waals surface area contributed by atoms with Gasteiger partial charge < -0.3 is 9.47 Å². The van der Waals surface area contributed by atoms with E-state index in [1.54, 1.807) is 0 Å². The van der Waals surface area contributed by atoms with Gasteiger partial charge in [-0.25, -0.2) is 9.37 Å². The van der Waals surface area contributed by atoms with Crippen LogP contribution in [0.2, 0.25) is 0 Å².